The fraction of sp³-hybridized carbons (Fsp3) is 0.579. The van der Waals surface area contributed by atoms with Crippen molar-refractivity contribution in [3.8, 4) is 0 Å². The summed E-state index contributed by atoms with van der Waals surface area (Å²) in [7, 11) is 2.08. The number of hydrogen-bond acceptors (Lipinski definition) is 6. The van der Waals surface area contributed by atoms with Gasteiger partial charge in [0.25, 0.3) is 0 Å². The predicted octanol–water partition coefficient (Wildman–Crippen LogP) is 1.50. The highest BCUT2D eigenvalue weighted by atomic mass is 16.2. The zero-order valence-corrected chi connectivity index (χ0v) is 15.8. The molecule has 4 heterocycles. The molecular weight excluding hydrogens is 342 g/mol. The molecule has 1 fully saturated rings. The number of nitrogens with one attached hydrogen (secondary N) is 1. The number of carbonyl (C=O) groups excluding carboxylic acids is 1. The highest BCUT2D eigenvalue weighted by Crippen LogP contribution is 2.21. The molecule has 0 aliphatic carbocycles. The molecular formula is C19H27N7O. The van der Waals surface area contributed by atoms with Gasteiger partial charge in [-0.2, -0.15) is 5.10 Å². The molecule has 0 saturated carbocycles. The van der Waals surface area contributed by atoms with Crippen LogP contribution in [0.25, 0.3) is 0 Å². The second-order valence-corrected chi connectivity index (χ2v) is 7.40. The summed E-state index contributed by atoms with van der Waals surface area (Å²) in [5.74, 6) is 1.00. The number of hydrogen-bond donors (Lipinski definition) is 1. The molecule has 2 aliphatic rings. The lowest BCUT2D eigenvalue weighted by Gasteiger charge is -2.33. The lowest BCUT2D eigenvalue weighted by Crippen LogP contribution is -2.49. The van der Waals surface area contributed by atoms with Crippen LogP contribution in [-0.4, -0.2) is 61.6 Å². The lowest BCUT2D eigenvalue weighted by atomic mass is 10.1. The van der Waals surface area contributed by atoms with Crippen molar-refractivity contribution in [3.63, 3.8) is 0 Å². The van der Waals surface area contributed by atoms with Crippen LogP contribution in [-0.2, 0) is 24.4 Å². The SMILES string of the molecule is CN1CCCCC[C@@H]1C(=O)N1CCn2nc(CNc3cnccn3)cc2C1. The number of aromatic nitrogens is 4. The Kier molecular flexibility index (Phi) is 5.33. The van der Waals surface area contributed by atoms with Gasteiger partial charge in [-0.05, 0) is 32.5 Å². The maximum Gasteiger partial charge on any atom is 0.240 e. The average molecular weight is 369 g/mol. The number of anilines is 1. The smallest absolute Gasteiger partial charge is 0.240 e. The van der Waals surface area contributed by atoms with Crippen LogP contribution >= 0.6 is 0 Å². The van der Waals surface area contributed by atoms with Crippen LogP contribution in [0.1, 0.15) is 37.1 Å². The van der Waals surface area contributed by atoms with E-state index in [1.54, 1.807) is 18.6 Å². The van der Waals surface area contributed by atoms with Gasteiger partial charge < -0.3 is 10.2 Å². The van der Waals surface area contributed by atoms with Gasteiger partial charge in [0, 0.05) is 18.9 Å². The monoisotopic (exact) mass is 369 g/mol. The van der Waals surface area contributed by atoms with E-state index in [4.69, 9.17) is 0 Å². The van der Waals surface area contributed by atoms with Crippen LogP contribution in [0.5, 0.6) is 0 Å². The van der Waals surface area contributed by atoms with E-state index >= 15 is 0 Å². The van der Waals surface area contributed by atoms with Crippen LogP contribution in [0.15, 0.2) is 24.7 Å². The third-order valence-corrected chi connectivity index (χ3v) is 5.48. The Bertz CT molecular complexity index is 776. The van der Waals surface area contributed by atoms with Crippen molar-refractivity contribution in [2.45, 2.75) is 51.4 Å². The van der Waals surface area contributed by atoms with E-state index in [0.717, 1.165) is 49.7 Å². The van der Waals surface area contributed by atoms with Crippen LogP contribution in [0.2, 0.25) is 0 Å². The second-order valence-electron chi connectivity index (χ2n) is 7.40. The topological polar surface area (TPSA) is 79.2 Å². The number of likely N-dealkylation sites (N-methyl/N-ethyl adjacent to an activating group) is 1. The summed E-state index contributed by atoms with van der Waals surface area (Å²) in [6, 6.07) is 2.11. The molecule has 27 heavy (non-hydrogen) atoms. The van der Waals surface area contributed by atoms with Gasteiger partial charge >= 0.3 is 0 Å². The Hall–Kier alpha value is -2.48. The Morgan fingerprint density at radius 2 is 2.15 bits per heavy atom. The standard InChI is InChI=1S/C19H27N7O/c1-24-8-4-2-3-5-17(24)19(27)25-9-10-26-16(14-25)11-15(23-26)12-22-18-13-20-6-7-21-18/h6-7,11,13,17H,2-5,8-10,12,14H2,1H3,(H,21,22)/t17-/m1/s1. The molecule has 144 valence electrons. The first-order valence-corrected chi connectivity index (χ1v) is 9.75. The quantitative estimate of drug-likeness (QED) is 0.880. The first kappa shape index (κ1) is 17.9. The van der Waals surface area contributed by atoms with E-state index in [0.29, 0.717) is 13.1 Å². The van der Waals surface area contributed by atoms with E-state index in [1.165, 1.54) is 12.8 Å². The molecule has 1 saturated heterocycles. The minimum Gasteiger partial charge on any atom is -0.363 e. The van der Waals surface area contributed by atoms with E-state index < -0.39 is 0 Å². The minimum absolute atomic E-state index is 0.0276. The third kappa shape index (κ3) is 4.10. The summed E-state index contributed by atoms with van der Waals surface area (Å²) in [6.45, 7) is 3.73. The second kappa shape index (κ2) is 8.04. The van der Waals surface area contributed by atoms with E-state index in [9.17, 15) is 4.79 Å². The normalized spacial score (nSPS) is 20.8. The highest BCUT2D eigenvalue weighted by molar-refractivity contribution is 5.82. The van der Waals surface area contributed by atoms with Crippen molar-refractivity contribution < 1.29 is 4.79 Å². The fourth-order valence-corrected chi connectivity index (χ4v) is 3.95. The number of nitrogens with zero attached hydrogens (tertiary/aromatic N) is 6. The zero-order valence-electron chi connectivity index (χ0n) is 15.8. The van der Waals surface area contributed by atoms with Gasteiger partial charge in [0.15, 0.2) is 0 Å². The Morgan fingerprint density at radius 1 is 1.22 bits per heavy atom. The Morgan fingerprint density at radius 3 is 3.00 bits per heavy atom. The summed E-state index contributed by atoms with van der Waals surface area (Å²) in [5, 5.41) is 7.89. The first-order chi connectivity index (χ1) is 13.2. The predicted molar refractivity (Wildman–Crippen MR) is 102 cm³/mol. The number of rotatable bonds is 4. The number of amides is 1. The fourth-order valence-electron chi connectivity index (χ4n) is 3.95. The molecule has 1 N–H and O–H groups in total. The maximum absolute atomic E-state index is 13.1. The van der Waals surface area contributed by atoms with E-state index in [1.807, 2.05) is 9.58 Å². The summed E-state index contributed by atoms with van der Waals surface area (Å²) in [5.41, 5.74) is 2.05. The maximum atomic E-state index is 13.1. The summed E-state index contributed by atoms with van der Waals surface area (Å²) < 4.78 is 2.02. The van der Waals surface area contributed by atoms with Gasteiger partial charge in [-0.25, -0.2) is 4.98 Å². The average Bonchev–Trinajstić information content (AvgIpc) is 2.99. The van der Waals surface area contributed by atoms with Crippen molar-refractivity contribution in [2.75, 3.05) is 25.5 Å². The molecule has 2 aromatic rings. The molecule has 2 aliphatic heterocycles. The number of fused-ring (bicyclic) bond motifs is 1. The molecule has 2 aromatic heterocycles. The summed E-state index contributed by atoms with van der Waals surface area (Å²) in [6.07, 6.45) is 9.54. The molecule has 8 nitrogen and oxygen atoms in total. The van der Waals surface area contributed by atoms with Crippen LogP contribution in [0, 0.1) is 0 Å². The molecule has 0 radical (unpaired) electrons. The van der Waals surface area contributed by atoms with Crippen molar-refractivity contribution in [3.05, 3.63) is 36.0 Å². The molecule has 4 rings (SSSR count). The van der Waals surface area contributed by atoms with Gasteiger partial charge in [-0.1, -0.05) is 12.8 Å². The Balaban J connectivity index is 1.39. The van der Waals surface area contributed by atoms with Crippen LogP contribution in [0.4, 0.5) is 5.82 Å². The molecule has 0 aromatic carbocycles. The first-order valence-electron chi connectivity index (χ1n) is 9.75. The summed E-state index contributed by atoms with van der Waals surface area (Å²) >= 11 is 0. The van der Waals surface area contributed by atoms with Gasteiger partial charge in [-0.3, -0.25) is 19.4 Å². The largest absolute Gasteiger partial charge is 0.363 e. The van der Waals surface area contributed by atoms with Crippen molar-refractivity contribution >= 4 is 11.7 Å². The molecule has 1 amide bonds. The van der Waals surface area contributed by atoms with E-state index in [2.05, 4.69) is 38.4 Å². The number of carbonyl (C=O) groups is 1. The molecule has 0 spiro atoms. The number of likely N-dealkylation sites (tertiary alicyclic amines) is 1. The minimum atomic E-state index is 0.0276. The summed E-state index contributed by atoms with van der Waals surface area (Å²) in [4.78, 5) is 25.6. The van der Waals surface area contributed by atoms with E-state index in [-0.39, 0.29) is 11.9 Å². The third-order valence-electron chi connectivity index (χ3n) is 5.48. The van der Waals surface area contributed by atoms with Crippen molar-refractivity contribution in [1.29, 1.82) is 0 Å². The van der Waals surface area contributed by atoms with Crippen LogP contribution in [0.3, 0.4) is 0 Å². The molecule has 1 atom stereocenters. The molecule has 0 bridgehead atoms. The van der Waals surface area contributed by atoms with Gasteiger partial charge in [0.05, 0.1) is 43.3 Å². The van der Waals surface area contributed by atoms with Gasteiger partial charge in [-0.15, -0.1) is 0 Å². The lowest BCUT2D eigenvalue weighted by molar-refractivity contribution is -0.138. The van der Waals surface area contributed by atoms with Crippen molar-refractivity contribution in [1.82, 2.24) is 29.5 Å². The van der Waals surface area contributed by atoms with Gasteiger partial charge in [0.1, 0.15) is 5.82 Å². The van der Waals surface area contributed by atoms with Crippen molar-refractivity contribution in [2.24, 2.45) is 0 Å². The Labute approximate surface area is 159 Å². The molecule has 0 unspecified atom stereocenters. The van der Waals surface area contributed by atoms with Gasteiger partial charge in [0.2, 0.25) is 5.91 Å². The van der Waals surface area contributed by atoms with Crippen LogP contribution < -0.4 is 5.32 Å². The highest BCUT2D eigenvalue weighted by Gasteiger charge is 2.31. The molecule has 8 heteroatoms. The zero-order chi connectivity index (χ0) is 18.6.